The molecule has 1 saturated heterocycles. The Morgan fingerprint density at radius 3 is 2.41 bits per heavy atom. The Kier molecular flexibility index (Phi) is 6.40. The van der Waals surface area contributed by atoms with Crippen LogP contribution in [0.4, 0.5) is 0 Å². The third-order valence-corrected chi connectivity index (χ3v) is 5.58. The lowest BCUT2D eigenvalue weighted by Gasteiger charge is -2.39. The van der Waals surface area contributed by atoms with Crippen molar-refractivity contribution in [3.05, 3.63) is 64.2 Å². The molecule has 27 heavy (non-hydrogen) atoms. The first-order chi connectivity index (χ1) is 12.9. The van der Waals surface area contributed by atoms with Gasteiger partial charge in [0.15, 0.2) is 0 Å². The van der Waals surface area contributed by atoms with Crippen molar-refractivity contribution in [3.63, 3.8) is 0 Å². The molecule has 1 unspecified atom stereocenters. The summed E-state index contributed by atoms with van der Waals surface area (Å²) in [5.41, 5.74) is 1.84. The van der Waals surface area contributed by atoms with E-state index in [0.717, 1.165) is 11.1 Å². The largest absolute Gasteiger partial charge is 0.506 e. The minimum atomic E-state index is -0.838. The van der Waals surface area contributed by atoms with Crippen LogP contribution >= 0.6 is 11.6 Å². The van der Waals surface area contributed by atoms with Gasteiger partial charge in [0.1, 0.15) is 5.75 Å². The van der Waals surface area contributed by atoms with E-state index in [-0.39, 0.29) is 10.8 Å². The number of aliphatic hydroxyl groups excluding tert-OH is 1. The maximum absolute atomic E-state index is 11.0. The molecule has 0 amide bonds. The highest BCUT2D eigenvalue weighted by Gasteiger charge is 2.34. The average Bonchev–Trinajstić information content (AvgIpc) is 2.67. The number of β-amino-alcohol motifs (C(OH)–C–C–N with tert-alkyl or cyclic N) is 1. The van der Waals surface area contributed by atoms with E-state index in [1.54, 1.807) is 19.2 Å². The molecular formula is C21H26ClNO4. The summed E-state index contributed by atoms with van der Waals surface area (Å²) in [5.74, 6) is 0.00664. The maximum Gasteiger partial charge on any atom is 0.134 e. The van der Waals surface area contributed by atoms with Gasteiger partial charge in [0.25, 0.3) is 0 Å². The second-order valence-corrected chi connectivity index (χ2v) is 7.60. The number of phenols is 1. The van der Waals surface area contributed by atoms with E-state index in [1.807, 2.05) is 24.3 Å². The molecule has 0 bridgehead atoms. The lowest BCUT2D eigenvalue weighted by molar-refractivity contribution is -0.0345. The topological polar surface area (TPSA) is 73.2 Å². The minimum Gasteiger partial charge on any atom is -0.506 e. The summed E-state index contributed by atoms with van der Waals surface area (Å²) in [6.07, 6.45) is 0.530. The number of aromatic hydroxyl groups is 1. The van der Waals surface area contributed by atoms with Gasteiger partial charge in [-0.2, -0.15) is 0 Å². The molecule has 1 aliphatic heterocycles. The molecule has 146 valence electrons. The molecule has 6 heteroatoms. The van der Waals surface area contributed by atoms with Crippen LogP contribution in [-0.4, -0.2) is 47.0 Å². The first-order valence-corrected chi connectivity index (χ1v) is 9.48. The number of hydrogen-bond donors (Lipinski definition) is 3. The highest BCUT2D eigenvalue weighted by molar-refractivity contribution is 6.32. The first kappa shape index (κ1) is 20.1. The molecule has 1 heterocycles. The van der Waals surface area contributed by atoms with Crippen molar-refractivity contribution in [2.45, 2.75) is 31.2 Å². The molecule has 1 fully saturated rings. The van der Waals surface area contributed by atoms with Crippen molar-refractivity contribution in [1.82, 2.24) is 4.90 Å². The fourth-order valence-corrected chi connectivity index (χ4v) is 3.74. The van der Waals surface area contributed by atoms with Crippen LogP contribution in [0.5, 0.6) is 5.75 Å². The van der Waals surface area contributed by atoms with Gasteiger partial charge in [0, 0.05) is 26.7 Å². The summed E-state index contributed by atoms with van der Waals surface area (Å²) in [6.45, 7) is 2.41. The quantitative estimate of drug-likeness (QED) is 0.705. The van der Waals surface area contributed by atoms with E-state index in [9.17, 15) is 15.3 Å². The lowest BCUT2D eigenvalue weighted by atomic mass is 9.84. The fraction of sp³-hybridized carbons (Fsp3) is 0.429. The van der Waals surface area contributed by atoms with Gasteiger partial charge in [-0.25, -0.2) is 0 Å². The normalized spacial score (nSPS) is 18.4. The van der Waals surface area contributed by atoms with Gasteiger partial charge in [0.2, 0.25) is 0 Å². The number of piperidine rings is 1. The summed E-state index contributed by atoms with van der Waals surface area (Å²) >= 11 is 5.92. The molecule has 0 saturated carbocycles. The third kappa shape index (κ3) is 4.81. The van der Waals surface area contributed by atoms with E-state index in [2.05, 4.69) is 4.90 Å². The number of likely N-dealkylation sites (tertiary alicyclic amines) is 1. The second kappa shape index (κ2) is 8.59. The molecule has 3 rings (SSSR count). The molecule has 0 spiro atoms. The summed E-state index contributed by atoms with van der Waals surface area (Å²) in [4.78, 5) is 2.14. The number of rotatable bonds is 6. The van der Waals surface area contributed by atoms with Gasteiger partial charge in [-0.1, -0.05) is 41.9 Å². The Labute approximate surface area is 164 Å². The zero-order chi connectivity index (χ0) is 19.4. The molecule has 2 aromatic rings. The minimum absolute atomic E-state index is 0.00664. The Bertz CT molecular complexity index is 757. The van der Waals surface area contributed by atoms with Crippen LogP contribution in [0.3, 0.4) is 0 Å². The number of ether oxygens (including phenoxy) is 1. The molecule has 2 aromatic carbocycles. The third-order valence-electron chi connectivity index (χ3n) is 5.27. The van der Waals surface area contributed by atoms with Crippen LogP contribution in [-0.2, 0) is 16.9 Å². The Hall–Kier alpha value is -1.63. The summed E-state index contributed by atoms with van der Waals surface area (Å²) in [7, 11) is 1.66. The van der Waals surface area contributed by atoms with Crippen LogP contribution in [0.2, 0.25) is 5.02 Å². The molecule has 1 atom stereocenters. The molecule has 1 aliphatic rings. The van der Waals surface area contributed by atoms with Crippen molar-refractivity contribution >= 4 is 11.6 Å². The number of nitrogens with zero attached hydrogens (tertiary/aromatic N) is 1. The number of aliphatic hydroxyl groups is 2. The molecule has 0 radical (unpaired) electrons. The van der Waals surface area contributed by atoms with E-state index in [4.69, 9.17) is 16.3 Å². The maximum atomic E-state index is 11.0. The van der Waals surface area contributed by atoms with Crippen LogP contribution in [0.25, 0.3) is 0 Å². The predicted octanol–water partition coefficient (Wildman–Crippen LogP) is 3.21. The van der Waals surface area contributed by atoms with Crippen molar-refractivity contribution in [3.8, 4) is 5.75 Å². The van der Waals surface area contributed by atoms with Gasteiger partial charge < -0.3 is 25.0 Å². The van der Waals surface area contributed by atoms with Crippen molar-refractivity contribution in [2.75, 3.05) is 26.7 Å². The molecule has 5 nitrogen and oxygen atoms in total. The van der Waals surface area contributed by atoms with Crippen LogP contribution in [0.15, 0.2) is 42.5 Å². The van der Waals surface area contributed by atoms with Gasteiger partial charge in [0.05, 0.1) is 23.3 Å². The second-order valence-electron chi connectivity index (χ2n) is 7.19. The summed E-state index contributed by atoms with van der Waals surface area (Å²) < 4.78 is 5.12. The highest BCUT2D eigenvalue weighted by atomic mass is 35.5. The number of halogens is 1. The number of hydrogen-bond acceptors (Lipinski definition) is 5. The van der Waals surface area contributed by atoms with Gasteiger partial charge >= 0.3 is 0 Å². The zero-order valence-corrected chi connectivity index (χ0v) is 16.2. The zero-order valence-electron chi connectivity index (χ0n) is 15.4. The Morgan fingerprint density at radius 2 is 1.81 bits per heavy atom. The monoisotopic (exact) mass is 391 g/mol. The smallest absolute Gasteiger partial charge is 0.134 e. The Morgan fingerprint density at radius 1 is 1.15 bits per heavy atom. The van der Waals surface area contributed by atoms with Gasteiger partial charge in [-0.05, 0) is 41.7 Å². The molecule has 3 N–H and O–H groups in total. The van der Waals surface area contributed by atoms with Crippen molar-refractivity contribution in [2.24, 2.45) is 0 Å². The molecule has 0 aromatic heterocycles. The number of phenolic OH excluding ortho intramolecular Hbond substituents is 1. The number of benzene rings is 2. The molecule has 0 aliphatic carbocycles. The van der Waals surface area contributed by atoms with E-state index in [1.165, 1.54) is 6.07 Å². The van der Waals surface area contributed by atoms with E-state index < -0.39 is 11.7 Å². The SMILES string of the molecule is COCc1ccc(C2(O)CCN(CC(O)c3ccc(O)c(Cl)c3)CC2)cc1. The standard InChI is InChI=1S/C21H26ClNO4/c1-27-14-15-2-5-17(6-3-15)21(26)8-10-23(11-9-21)13-20(25)16-4-7-19(24)18(22)12-16/h2-7,12,20,24-26H,8-11,13-14H2,1H3. The molecular weight excluding hydrogens is 366 g/mol. The van der Waals surface area contributed by atoms with Crippen LogP contribution < -0.4 is 0 Å². The van der Waals surface area contributed by atoms with Crippen molar-refractivity contribution in [1.29, 1.82) is 0 Å². The Balaban J connectivity index is 1.58. The summed E-state index contributed by atoms with van der Waals surface area (Å²) in [6, 6.07) is 12.7. The van der Waals surface area contributed by atoms with Gasteiger partial charge in [-0.15, -0.1) is 0 Å². The van der Waals surface area contributed by atoms with E-state index in [0.29, 0.717) is 44.6 Å². The van der Waals surface area contributed by atoms with E-state index >= 15 is 0 Å². The van der Waals surface area contributed by atoms with Crippen LogP contribution in [0.1, 0.15) is 35.6 Å². The summed E-state index contributed by atoms with van der Waals surface area (Å²) in [5, 5.41) is 31.2. The fourth-order valence-electron chi connectivity index (χ4n) is 3.55. The number of methoxy groups -OCH3 is 1. The highest BCUT2D eigenvalue weighted by Crippen LogP contribution is 2.34. The van der Waals surface area contributed by atoms with Gasteiger partial charge in [-0.3, -0.25) is 0 Å². The van der Waals surface area contributed by atoms with Crippen molar-refractivity contribution < 1.29 is 20.1 Å². The average molecular weight is 392 g/mol. The predicted molar refractivity (Wildman–Crippen MR) is 105 cm³/mol. The lowest BCUT2D eigenvalue weighted by Crippen LogP contribution is -2.43. The first-order valence-electron chi connectivity index (χ1n) is 9.11. The van der Waals surface area contributed by atoms with Crippen LogP contribution in [0, 0.1) is 0 Å².